The minimum atomic E-state index is -3.71. The van der Waals surface area contributed by atoms with E-state index in [-0.39, 0.29) is 36.2 Å². The van der Waals surface area contributed by atoms with Gasteiger partial charge in [0.1, 0.15) is 5.75 Å². The minimum Gasteiger partial charge on any atom is -0.497 e. The average molecular weight is 377 g/mol. The van der Waals surface area contributed by atoms with E-state index < -0.39 is 10.0 Å². The molecule has 1 aliphatic heterocycles. The number of methoxy groups -OCH3 is 1. The lowest BCUT2D eigenvalue weighted by molar-refractivity contribution is -0.121. The Hall–Kier alpha value is -2.32. The number of nitrogens with zero attached hydrogens (tertiary/aromatic N) is 2. The molecule has 0 spiro atoms. The first-order valence-electron chi connectivity index (χ1n) is 8.43. The van der Waals surface area contributed by atoms with E-state index in [4.69, 9.17) is 4.74 Å². The van der Waals surface area contributed by atoms with Crippen molar-refractivity contribution in [1.82, 2.24) is 14.2 Å². The molecule has 0 saturated heterocycles. The van der Waals surface area contributed by atoms with Gasteiger partial charge in [-0.1, -0.05) is 6.07 Å². The molecule has 1 amide bonds. The van der Waals surface area contributed by atoms with Gasteiger partial charge < -0.3 is 14.6 Å². The number of amides is 1. The molecule has 0 unspecified atom stereocenters. The van der Waals surface area contributed by atoms with Crippen LogP contribution in [-0.4, -0.2) is 43.9 Å². The van der Waals surface area contributed by atoms with Gasteiger partial charge >= 0.3 is 0 Å². The molecule has 1 aromatic heterocycles. The molecule has 140 valence electrons. The zero-order chi connectivity index (χ0) is 18.7. The maximum Gasteiger partial charge on any atom is 0.243 e. The van der Waals surface area contributed by atoms with Gasteiger partial charge in [0.05, 0.1) is 18.6 Å². The Morgan fingerprint density at radius 3 is 2.81 bits per heavy atom. The van der Waals surface area contributed by atoms with Crippen molar-refractivity contribution in [2.24, 2.45) is 5.92 Å². The van der Waals surface area contributed by atoms with Gasteiger partial charge in [-0.3, -0.25) is 4.79 Å². The second-order valence-corrected chi connectivity index (χ2v) is 8.31. The van der Waals surface area contributed by atoms with Crippen LogP contribution < -0.4 is 10.1 Å². The van der Waals surface area contributed by atoms with Gasteiger partial charge in [0.25, 0.3) is 0 Å². The van der Waals surface area contributed by atoms with Crippen LogP contribution in [0, 0.1) is 5.92 Å². The van der Waals surface area contributed by atoms with Crippen molar-refractivity contribution < 1.29 is 17.9 Å². The number of ether oxygens (including phenoxy) is 1. The second kappa shape index (κ2) is 7.51. The summed E-state index contributed by atoms with van der Waals surface area (Å²) in [5.41, 5.74) is 0.913. The van der Waals surface area contributed by atoms with Crippen molar-refractivity contribution in [2.45, 2.75) is 24.4 Å². The maximum atomic E-state index is 13.2. The molecule has 0 saturated carbocycles. The Labute approximate surface area is 153 Å². The highest BCUT2D eigenvalue weighted by Crippen LogP contribution is 2.27. The van der Waals surface area contributed by atoms with E-state index in [0.29, 0.717) is 12.3 Å². The van der Waals surface area contributed by atoms with Gasteiger partial charge in [0.2, 0.25) is 15.9 Å². The lowest BCUT2D eigenvalue weighted by atomic mass is 10.1. The van der Waals surface area contributed by atoms with Crippen LogP contribution in [0.4, 0.5) is 0 Å². The number of aromatic nitrogens is 1. The number of rotatable bonds is 5. The third-order valence-corrected chi connectivity index (χ3v) is 6.42. The summed E-state index contributed by atoms with van der Waals surface area (Å²) in [6.07, 6.45) is 2.20. The molecule has 1 aliphatic rings. The van der Waals surface area contributed by atoms with Gasteiger partial charge in [0.15, 0.2) is 0 Å². The van der Waals surface area contributed by atoms with E-state index in [9.17, 15) is 13.2 Å². The maximum absolute atomic E-state index is 13.2. The number of hydrogen-bond donors (Lipinski definition) is 1. The highest BCUT2D eigenvalue weighted by Gasteiger charge is 2.31. The van der Waals surface area contributed by atoms with Crippen molar-refractivity contribution in [2.75, 3.05) is 20.7 Å². The van der Waals surface area contributed by atoms with Crippen LogP contribution in [0.25, 0.3) is 0 Å². The molecule has 3 rings (SSSR count). The van der Waals surface area contributed by atoms with Crippen LogP contribution in [0.1, 0.15) is 12.1 Å². The average Bonchev–Trinajstić information content (AvgIpc) is 2.99. The van der Waals surface area contributed by atoms with Crippen LogP contribution in [-0.2, 0) is 27.9 Å². The van der Waals surface area contributed by atoms with Crippen LogP contribution in [0.15, 0.2) is 47.5 Å². The van der Waals surface area contributed by atoms with E-state index in [1.807, 2.05) is 22.9 Å². The fourth-order valence-electron chi connectivity index (χ4n) is 3.23. The van der Waals surface area contributed by atoms with E-state index >= 15 is 0 Å². The molecule has 2 aromatic rings. The van der Waals surface area contributed by atoms with Crippen molar-refractivity contribution >= 4 is 15.9 Å². The first-order chi connectivity index (χ1) is 12.4. The van der Waals surface area contributed by atoms with E-state index in [0.717, 1.165) is 5.69 Å². The molecule has 26 heavy (non-hydrogen) atoms. The van der Waals surface area contributed by atoms with Crippen LogP contribution in [0.5, 0.6) is 5.75 Å². The van der Waals surface area contributed by atoms with Crippen LogP contribution in [0.3, 0.4) is 0 Å². The molecule has 1 N–H and O–H groups in total. The molecular weight excluding hydrogens is 354 g/mol. The van der Waals surface area contributed by atoms with Gasteiger partial charge in [-0.15, -0.1) is 0 Å². The molecule has 0 aliphatic carbocycles. The van der Waals surface area contributed by atoms with E-state index in [2.05, 4.69) is 5.32 Å². The first-order valence-corrected chi connectivity index (χ1v) is 9.87. The predicted octanol–water partition coefficient (Wildman–Crippen LogP) is 1.45. The molecule has 0 radical (unpaired) electrons. The number of sulfonamides is 1. The Morgan fingerprint density at radius 1 is 1.27 bits per heavy atom. The zero-order valence-corrected chi connectivity index (χ0v) is 15.7. The first kappa shape index (κ1) is 18.5. The van der Waals surface area contributed by atoms with E-state index in [1.54, 1.807) is 25.2 Å². The lowest BCUT2D eigenvalue weighted by Crippen LogP contribution is -2.35. The smallest absolute Gasteiger partial charge is 0.243 e. The third-order valence-electron chi connectivity index (χ3n) is 4.61. The summed E-state index contributed by atoms with van der Waals surface area (Å²) in [6, 6.07) is 10.3. The lowest BCUT2D eigenvalue weighted by Gasteiger charge is -2.23. The fourth-order valence-corrected chi connectivity index (χ4v) is 4.75. The van der Waals surface area contributed by atoms with Crippen molar-refractivity contribution in [3.8, 4) is 5.75 Å². The summed E-state index contributed by atoms with van der Waals surface area (Å²) < 4.78 is 35.0. The Balaban J connectivity index is 1.95. The Kier molecular flexibility index (Phi) is 5.33. The zero-order valence-electron chi connectivity index (χ0n) is 14.9. The molecule has 2 heterocycles. The SMILES string of the molecule is CNC(=O)C[C@@H]1CN(S(=O)(=O)c2cccc(OC)c2)Cc2cccn2C1. The molecule has 8 heteroatoms. The summed E-state index contributed by atoms with van der Waals surface area (Å²) in [5.74, 6) is 0.291. The quantitative estimate of drug-likeness (QED) is 0.855. The number of carbonyl (C=O) groups is 1. The molecule has 7 nitrogen and oxygen atoms in total. The monoisotopic (exact) mass is 377 g/mol. The third kappa shape index (κ3) is 3.76. The van der Waals surface area contributed by atoms with Crippen molar-refractivity contribution in [1.29, 1.82) is 0 Å². The standard InChI is InChI=1S/C18H23N3O4S/c1-19-18(22)9-14-11-20-8-4-5-15(20)13-21(12-14)26(23,24)17-7-3-6-16(10-17)25-2/h3-8,10,14H,9,11-13H2,1-2H3,(H,19,22)/t14-/m0/s1. The molecule has 0 bridgehead atoms. The van der Waals surface area contributed by atoms with E-state index in [1.165, 1.54) is 17.5 Å². The summed E-state index contributed by atoms with van der Waals surface area (Å²) in [5, 5.41) is 2.62. The molecule has 0 fully saturated rings. The molecule has 1 atom stereocenters. The highest BCUT2D eigenvalue weighted by atomic mass is 32.2. The Morgan fingerprint density at radius 2 is 2.08 bits per heavy atom. The minimum absolute atomic E-state index is 0.0932. The van der Waals surface area contributed by atoms with Crippen molar-refractivity contribution in [3.05, 3.63) is 48.3 Å². The van der Waals surface area contributed by atoms with Gasteiger partial charge in [0, 0.05) is 44.5 Å². The summed E-state index contributed by atoms with van der Waals surface area (Å²) in [7, 11) is -0.614. The topological polar surface area (TPSA) is 80.6 Å². The normalized spacial score (nSPS) is 18.0. The number of benzene rings is 1. The number of carbonyl (C=O) groups excluding carboxylic acids is 1. The van der Waals surface area contributed by atoms with Gasteiger partial charge in [-0.05, 0) is 30.2 Å². The Bertz CT molecular complexity index is 891. The highest BCUT2D eigenvalue weighted by molar-refractivity contribution is 7.89. The largest absolute Gasteiger partial charge is 0.497 e. The molecular formula is C18H23N3O4S. The summed E-state index contributed by atoms with van der Waals surface area (Å²) >= 11 is 0. The fraction of sp³-hybridized carbons (Fsp3) is 0.389. The van der Waals surface area contributed by atoms with Crippen LogP contribution in [0.2, 0.25) is 0 Å². The van der Waals surface area contributed by atoms with Crippen LogP contribution >= 0.6 is 0 Å². The van der Waals surface area contributed by atoms with Crippen molar-refractivity contribution in [3.63, 3.8) is 0 Å². The molecule has 1 aromatic carbocycles. The number of nitrogens with one attached hydrogen (secondary N) is 1. The van der Waals surface area contributed by atoms with Gasteiger partial charge in [-0.2, -0.15) is 4.31 Å². The second-order valence-electron chi connectivity index (χ2n) is 6.37. The van der Waals surface area contributed by atoms with Gasteiger partial charge in [-0.25, -0.2) is 8.42 Å². The summed E-state index contributed by atoms with van der Waals surface area (Å²) in [4.78, 5) is 12.0. The number of fused-ring (bicyclic) bond motifs is 1. The number of hydrogen-bond acceptors (Lipinski definition) is 4. The summed E-state index contributed by atoms with van der Waals surface area (Å²) in [6.45, 7) is 1.17. The predicted molar refractivity (Wildman–Crippen MR) is 97.2 cm³/mol.